The number of amides is 1. The van der Waals surface area contributed by atoms with Gasteiger partial charge in [-0.15, -0.1) is 0 Å². The first-order chi connectivity index (χ1) is 10.0. The van der Waals surface area contributed by atoms with E-state index in [1.807, 2.05) is 39.0 Å². The average Bonchev–Trinajstić information content (AvgIpc) is 2.44. The molecule has 0 spiro atoms. The van der Waals surface area contributed by atoms with Gasteiger partial charge in [-0.25, -0.2) is 0 Å². The molecule has 0 atom stereocenters. The highest BCUT2D eigenvalue weighted by Crippen LogP contribution is 2.26. The summed E-state index contributed by atoms with van der Waals surface area (Å²) in [4.78, 5) is 12.5. The summed E-state index contributed by atoms with van der Waals surface area (Å²) in [5.74, 6) is 0.241. The molecular formula is C17H20N2O2. The smallest absolute Gasteiger partial charge is 0.261 e. The summed E-state index contributed by atoms with van der Waals surface area (Å²) in [6.07, 6.45) is 0. The Morgan fingerprint density at radius 1 is 1.19 bits per heavy atom. The number of anilines is 2. The second-order valence-electron chi connectivity index (χ2n) is 4.85. The van der Waals surface area contributed by atoms with Crippen LogP contribution in [0.4, 0.5) is 11.4 Å². The van der Waals surface area contributed by atoms with E-state index in [2.05, 4.69) is 5.32 Å². The van der Waals surface area contributed by atoms with Gasteiger partial charge >= 0.3 is 0 Å². The minimum Gasteiger partial charge on any atom is -0.493 e. The van der Waals surface area contributed by atoms with E-state index in [0.717, 1.165) is 16.8 Å². The lowest BCUT2D eigenvalue weighted by atomic mass is 10.1. The summed E-state index contributed by atoms with van der Waals surface area (Å²) in [6, 6.07) is 11.0. The van der Waals surface area contributed by atoms with Gasteiger partial charge in [0.05, 0.1) is 6.61 Å². The predicted octanol–water partition coefficient (Wildman–Crippen LogP) is 3.54. The van der Waals surface area contributed by atoms with Gasteiger partial charge in [0.25, 0.3) is 5.91 Å². The number of nitrogen functional groups attached to an aromatic ring is 1. The third-order valence-electron chi connectivity index (χ3n) is 3.44. The highest BCUT2D eigenvalue weighted by Gasteiger charge is 2.17. The molecule has 2 rings (SSSR count). The number of hydrogen-bond donors (Lipinski definition) is 2. The molecule has 2 aromatic rings. The number of rotatable bonds is 4. The van der Waals surface area contributed by atoms with Gasteiger partial charge in [0.2, 0.25) is 0 Å². The molecule has 0 saturated heterocycles. The van der Waals surface area contributed by atoms with Crippen LogP contribution < -0.4 is 15.8 Å². The SMILES string of the molecule is CCOc1cccc(N)c1C(=O)Nc1cccc(C)c1C. The lowest BCUT2D eigenvalue weighted by Gasteiger charge is -2.14. The van der Waals surface area contributed by atoms with Crippen molar-refractivity contribution < 1.29 is 9.53 Å². The summed E-state index contributed by atoms with van der Waals surface area (Å²) in [7, 11) is 0. The van der Waals surface area contributed by atoms with Gasteiger partial charge in [-0.2, -0.15) is 0 Å². The predicted molar refractivity (Wildman–Crippen MR) is 85.9 cm³/mol. The zero-order valence-corrected chi connectivity index (χ0v) is 12.6. The first-order valence-electron chi connectivity index (χ1n) is 6.93. The third kappa shape index (κ3) is 3.16. The Morgan fingerprint density at radius 3 is 2.62 bits per heavy atom. The quantitative estimate of drug-likeness (QED) is 0.844. The maximum absolute atomic E-state index is 12.5. The molecule has 0 bridgehead atoms. The molecule has 4 heteroatoms. The number of aryl methyl sites for hydroxylation is 1. The van der Waals surface area contributed by atoms with Gasteiger partial charge in [0, 0.05) is 11.4 Å². The normalized spacial score (nSPS) is 10.2. The highest BCUT2D eigenvalue weighted by atomic mass is 16.5. The third-order valence-corrected chi connectivity index (χ3v) is 3.44. The zero-order chi connectivity index (χ0) is 15.4. The van der Waals surface area contributed by atoms with Crippen LogP contribution in [0.15, 0.2) is 36.4 Å². The molecule has 0 heterocycles. The highest BCUT2D eigenvalue weighted by molar-refractivity contribution is 6.10. The van der Waals surface area contributed by atoms with Crippen molar-refractivity contribution in [3.8, 4) is 5.75 Å². The average molecular weight is 284 g/mol. The van der Waals surface area contributed by atoms with Gasteiger partial charge in [-0.3, -0.25) is 4.79 Å². The number of hydrogen-bond acceptors (Lipinski definition) is 3. The molecule has 0 saturated carbocycles. The van der Waals surface area contributed by atoms with Crippen LogP contribution in [0.1, 0.15) is 28.4 Å². The van der Waals surface area contributed by atoms with E-state index in [-0.39, 0.29) is 5.91 Å². The Balaban J connectivity index is 2.35. The second kappa shape index (κ2) is 6.31. The van der Waals surface area contributed by atoms with Crippen molar-refractivity contribution in [3.63, 3.8) is 0 Å². The van der Waals surface area contributed by atoms with Crippen LogP contribution in [0.3, 0.4) is 0 Å². The molecule has 1 amide bonds. The molecule has 0 aliphatic rings. The van der Waals surface area contributed by atoms with Crippen LogP contribution >= 0.6 is 0 Å². The van der Waals surface area contributed by atoms with E-state index in [1.165, 1.54) is 0 Å². The number of nitrogens with one attached hydrogen (secondary N) is 1. The van der Waals surface area contributed by atoms with E-state index in [0.29, 0.717) is 23.6 Å². The summed E-state index contributed by atoms with van der Waals surface area (Å²) in [6.45, 7) is 6.33. The summed E-state index contributed by atoms with van der Waals surface area (Å²) in [5.41, 5.74) is 9.66. The Labute approximate surface area is 124 Å². The van der Waals surface area contributed by atoms with Crippen molar-refractivity contribution in [2.24, 2.45) is 0 Å². The van der Waals surface area contributed by atoms with Crippen molar-refractivity contribution in [1.82, 2.24) is 0 Å². The number of ether oxygens (including phenoxy) is 1. The lowest BCUT2D eigenvalue weighted by Crippen LogP contribution is -2.16. The molecule has 4 nitrogen and oxygen atoms in total. The maximum Gasteiger partial charge on any atom is 0.261 e. The van der Waals surface area contributed by atoms with Crippen LogP contribution in [0, 0.1) is 13.8 Å². The fourth-order valence-electron chi connectivity index (χ4n) is 2.14. The second-order valence-corrected chi connectivity index (χ2v) is 4.85. The van der Waals surface area contributed by atoms with Gasteiger partial charge in [-0.05, 0) is 50.1 Å². The van der Waals surface area contributed by atoms with Crippen LogP contribution in [0.5, 0.6) is 5.75 Å². The molecule has 21 heavy (non-hydrogen) atoms. The standard InChI is InChI=1S/C17H20N2O2/c1-4-21-15-10-6-8-13(18)16(15)17(20)19-14-9-5-7-11(2)12(14)3/h5-10H,4,18H2,1-3H3,(H,19,20). The van der Waals surface area contributed by atoms with Crippen molar-refractivity contribution >= 4 is 17.3 Å². The monoisotopic (exact) mass is 284 g/mol. The summed E-state index contributed by atoms with van der Waals surface area (Å²) in [5, 5.41) is 2.91. The molecule has 3 N–H and O–H groups in total. The fourth-order valence-corrected chi connectivity index (χ4v) is 2.14. The van der Waals surface area contributed by atoms with E-state index in [1.54, 1.807) is 18.2 Å². The minimum atomic E-state index is -0.259. The van der Waals surface area contributed by atoms with Crippen molar-refractivity contribution in [2.75, 3.05) is 17.7 Å². The van der Waals surface area contributed by atoms with Crippen LogP contribution in [-0.4, -0.2) is 12.5 Å². The molecule has 0 radical (unpaired) electrons. The first kappa shape index (κ1) is 14.9. The molecule has 0 aliphatic heterocycles. The molecule has 0 fully saturated rings. The topological polar surface area (TPSA) is 64.3 Å². The Hall–Kier alpha value is -2.49. The van der Waals surface area contributed by atoms with Crippen LogP contribution in [-0.2, 0) is 0 Å². The van der Waals surface area contributed by atoms with E-state index in [4.69, 9.17) is 10.5 Å². The van der Waals surface area contributed by atoms with Crippen LogP contribution in [0.2, 0.25) is 0 Å². The Morgan fingerprint density at radius 2 is 1.90 bits per heavy atom. The number of benzene rings is 2. The number of carbonyl (C=O) groups is 1. The lowest BCUT2D eigenvalue weighted by molar-refractivity contribution is 0.102. The van der Waals surface area contributed by atoms with Gasteiger partial charge in [-0.1, -0.05) is 18.2 Å². The molecule has 0 aliphatic carbocycles. The van der Waals surface area contributed by atoms with E-state index in [9.17, 15) is 4.79 Å². The molecule has 110 valence electrons. The van der Waals surface area contributed by atoms with Crippen molar-refractivity contribution in [2.45, 2.75) is 20.8 Å². The largest absolute Gasteiger partial charge is 0.493 e. The Kier molecular flexibility index (Phi) is 4.48. The number of carbonyl (C=O) groups excluding carboxylic acids is 1. The van der Waals surface area contributed by atoms with Crippen molar-refractivity contribution in [3.05, 3.63) is 53.1 Å². The molecular weight excluding hydrogens is 264 g/mol. The van der Waals surface area contributed by atoms with Gasteiger partial charge < -0.3 is 15.8 Å². The summed E-state index contributed by atoms with van der Waals surface area (Å²) >= 11 is 0. The number of nitrogens with two attached hydrogens (primary N) is 1. The summed E-state index contributed by atoms with van der Waals surface area (Å²) < 4.78 is 5.49. The van der Waals surface area contributed by atoms with Crippen molar-refractivity contribution in [1.29, 1.82) is 0 Å². The zero-order valence-electron chi connectivity index (χ0n) is 12.6. The fraction of sp³-hybridized carbons (Fsp3) is 0.235. The van der Waals surface area contributed by atoms with Gasteiger partial charge in [0.15, 0.2) is 0 Å². The van der Waals surface area contributed by atoms with Crippen LogP contribution in [0.25, 0.3) is 0 Å². The Bertz CT molecular complexity index is 666. The van der Waals surface area contributed by atoms with E-state index < -0.39 is 0 Å². The van der Waals surface area contributed by atoms with Gasteiger partial charge in [0.1, 0.15) is 11.3 Å². The molecule has 0 unspecified atom stereocenters. The molecule has 0 aromatic heterocycles. The minimum absolute atomic E-state index is 0.259. The first-order valence-corrected chi connectivity index (χ1v) is 6.93. The molecule has 2 aromatic carbocycles. The van der Waals surface area contributed by atoms with E-state index >= 15 is 0 Å². The maximum atomic E-state index is 12.5.